The van der Waals surface area contributed by atoms with E-state index >= 15 is 0 Å². The molecule has 0 saturated heterocycles. The Morgan fingerprint density at radius 2 is 1.86 bits per heavy atom. The van der Waals surface area contributed by atoms with Gasteiger partial charge in [0, 0.05) is 17.8 Å². The number of carbonyl (C=O) groups is 1. The van der Waals surface area contributed by atoms with Crippen LogP contribution in [0.5, 0.6) is 23.0 Å². The van der Waals surface area contributed by atoms with Crippen LogP contribution in [0.25, 0.3) is 0 Å². The molecule has 2 aromatic carbocycles. The summed E-state index contributed by atoms with van der Waals surface area (Å²) in [6.45, 7) is 0.172. The summed E-state index contributed by atoms with van der Waals surface area (Å²) in [5.74, 6) is 2.58. The highest BCUT2D eigenvalue weighted by molar-refractivity contribution is 6.02. The van der Waals surface area contributed by atoms with Crippen LogP contribution in [0.3, 0.4) is 0 Å². The molecule has 0 fully saturated rings. The summed E-state index contributed by atoms with van der Waals surface area (Å²) < 4.78 is 21.1. The minimum atomic E-state index is -0.384. The number of benzene rings is 2. The van der Waals surface area contributed by atoms with Gasteiger partial charge in [-0.25, -0.2) is 9.97 Å². The normalized spacial score (nSPS) is 11.7. The van der Waals surface area contributed by atoms with Crippen LogP contribution in [-0.4, -0.2) is 36.9 Å². The summed E-state index contributed by atoms with van der Waals surface area (Å²) in [4.78, 5) is 20.8. The number of ether oxygens (including phenoxy) is 4. The molecule has 1 aliphatic heterocycles. The van der Waals surface area contributed by atoms with E-state index in [1.54, 1.807) is 50.6 Å². The number of carbonyl (C=O) groups excluding carboxylic acids is 1. The SMILES string of the molecule is COc1ccc(Nc2cnc(C(=O)Nc3ccc4c(c3)OCO4)cn2)c(OC)c1. The van der Waals surface area contributed by atoms with Crippen molar-refractivity contribution in [1.29, 1.82) is 0 Å². The summed E-state index contributed by atoms with van der Waals surface area (Å²) in [6.07, 6.45) is 2.86. The molecule has 0 spiro atoms. The summed E-state index contributed by atoms with van der Waals surface area (Å²) in [5, 5.41) is 5.86. The molecule has 9 nitrogen and oxygen atoms in total. The third-order valence-corrected chi connectivity index (χ3v) is 4.19. The Hall–Kier alpha value is -4.01. The van der Waals surface area contributed by atoms with Crippen LogP contribution < -0.4 is 29.6 Å². The molecule has 0 unspecified atom stereocenters. The van der Waals surface area contributed by atoms with Gasteiger partial charge in [0.05, 0.1) is 32.3 Å². The van der Waals surface area contributed by atoms with Gasteiger partial charge in [-0.1, -0.05) is 0 Å². The van der Waals surface area contributed by atoms with Crippen LogP contribution in [-0.2, 0) is 0 Å². The lowest BCUT2D eigenvalue weighted by Crippen LogP contribution is -2.14. The Kier molecular flexibility index (Phi) is 5.02. The average Bonchev–Trinajstić information content (AvgIpc) is 3.22. The van der Waals surface area contributed by atoms with E-state index < -0.39 is 0 Å². The maximum Gasteiger partial charge on any atom is 0.275 e. The van der Waals surface area contributed by atoms with Crippen LogP contribution >= 0.6 is 0 Å². The van der Waals surface area contributed by atoms with Gasteiger partial charge in [0.15, 0.2) is 11.5 Å². The van der Waals surface area contributed by atoms with E-state index in [4.69, 9.17) is 18.9 Å². The maximum atomic E-state index is 12.4. The zero-order chi connectivity index (χ0) is 20.2. The Morgan fingerprint density at radius 3 is 2.62 bits per heavy atom. The molecule has 0 bridgehead atoms. The van der Waals surface area contributed by atoms with Crippen LogP contribution in [0.2, 0.25) is 0 Å². The first kappa shape index (κ1) is 18.4. The second kappa shape index (κ2) is 7.93. The van der Waals surface area contributed by atoms with Crippen molar-refractivity contribution in [3.05, 3.63) is 54.5 Å². The number of rotatable bonds is 6. The van der Waals surface area contributed by atoms with Gasteiger partial charge in [0.25, 0.3) is 5.91 Å². The third-order valence-electron chi connectivity index (χ3n) is 4.19. The summed E-state index contributed by atoms with van der Waals surface area (Å²) in [7, 11) is 3.15. The van der Waals surface area contributed by atoms with Crippen molar-refractivity contribution in [2.75, 3.05) is 31.6 Å². The molecular weight excluding hydrogens is 376 g/mol. The molecule has 2 N–H and O–H groups in total. The number of hydrogen-bond acceptors (Lipinski definition) is 8. The summed E-state index contributed by atoms with van der Waals surface area (Å²) in [6, 6.07) is 10.5. The molecule has 1 aromatic heterocycles. The fourth-order valence-electron chi connectivity index (χ4n) is 2.72. The van der Waals surface area contributed by atoms with Gasteiger partial charge >= 0.3 is 0 Å². The number of nitrogens with zero attached hydrogens (tertiary/aromatic N) is 2. The predicted octanol–water partition coefficient (Wildman–Crippen LogP) is 3.22. The highest BCUT2D eigenvalue weighted by atomic mass is 16.7. The van der Waals surface area contributed by atoms with Crippen molar-refractivity contribution >= 4 is 23.1 Å². The molecular formula is C20H18N4O5. The minimum absolute atomic E-state index is 0.172. The molecule has 3 aromatic rings. The van der Waals surface area contributed by atoms with Crippen LogP contribution in [0.1, 0.15) is 10.5 Å². The Balaban J connectivity index is 1.44. The van der Waals surface area contributed by atoms with Crippen molar-refractivity contribution in [3.63, 3.8) is 0 Å². The zero-order valence-electron chi connectivity index (χ0n) is 15.8. The lowest BCUT2D eigenvalue weighted by molar-refractivity contribution is 0.102. The molecule has 9 heteroatoms. The van der Waals surface area contributed by atoms with Crippen molar-refractivity contribution in [2.45, 2.75) is 0 Å². The molecule has 0 atom stereocenters. The third kappa shape index (κ3) is 3.98. The van der Waals surface area contributed by atoms with Crippen LogP contribution in [0.15, 0.2) is 48.8 Å². The van der Waals surface area contributed by atoms with Gasteiger partial charge in [0.2, 0.25) is 6.79 Å². The Labute approximate surface area is 166 Å². The van der Waals surface area contributed by atoms with Crippen molar-refractivity contribution in [2.24, 2.45) is 0 Å². The molecule has 4 rings (SSSR count). The van der Waals surface area contributed by atoms with E-state index in [1.165, 1.54) is 12.4 Å². The van der Waals surface area contributed by atoms with Gasteiger partial charge in [-0.05, 0) is 24.3 Å². The maximum absolute atomic E-state index is 12.4. The Bertz CT molecular complexity index is 1040. The number of methoxy groups -OCH3 is 2. The second-order valence-electron chi connectivity index (χ2n) is 6.00. The molecule has 148 valence electrons. The van der Waals surface area contributed by atoms with Crippen LogP contribution in [0.4, 0.5) is 17.2 Å². The number of anilines is 3. The van der Waals surface area contributed by atoms with Gasteiger partial charge in [0.1, 0.15) is 23.0 Å². The van der Waals surface area contributed by atoms with Crippen LogP contribution in [0, 0.1) is 0 Å². The fraction of sp³-hybridized carbons (Fsp3) is 0.150. The lowest BCUT2D eigenvalue weighted by atomic mass is 10.2. The molecule has 0 radical (unpaired) electrons. The largest absolute Gasteiger partial charge is 0.497 e. The quantitative estimate of drug-likeness (QED) is 0.657. The Morgan fingerprint density at radius 1 is 1.00 bits per heavy atom. The first-order chi connectivity index (χ1) is 14.2. The van der Waals surface area contributed by atoms with E-state index in [9.17, 15) is 4.79 Å². The van der Waals surface area contributed by atoms with Crippen molar-refractivity contribution < 1.29 is 23.7 Å². The number of nitrogens with one attached hydrogen (secondary N) is 2. The molecule has 2 heterocycles. The van der Waals surface area contributed by atoms with Gasteiger partial charge in [-0.3, -0.25) is 4.79 Å². The number of amides is 1. The first-order valence-electron chi connectivity index (χ1n) is 8.68. The molecule has 29 heavy (non-hydrogen) atoms. The fourth-order valence-corrected chi connectivity index (χ4v) is 2.72. The molecule has 0 aliphatic carbocycles. The monoisotopic (exact) mass is 394 g/mol. The number of aromatic nitrogens is 2. The van der Waals surface area contributed by atoms with E-state index in [0.29, 0.717) is 40.2 Å². The zero-order valence-corrected chi connectivity index (χ0v) is 15.8. The summed E-state index contributed by atoms with van der Waals surface area (Å²) >= 11 is 0. The van der Waals surface area contributed by atoms with E-state index in [2.05, 4.69) is 20.6 Å². The molecule has 1 aliphatic rings. The molecule has 1 amide bonds. The predicted molar refractivity (Wildman–Crippen MR) is 105 cm³/mol. The highest BCUT2D eigenvalue weighted by Crippen LogP contribution is 2.34. The smallest absolute Gasteiger partial charge is 0.275 e. The van der Waals surface area contributed by atoms with E-state index in [1.807, 2.05) is 0 Å². The average molecular weight is 394 g/mol. The molecule has 0 saturated carbocycles. The lowest BCUT2D eigenvalue weighted by Gasteiger charge is -2.12. The highest BCUT2D eigenvalue weighted by Gasteiger charge is 2.15. The van der Waals surface area contributed by atoms with Gasteiger partial charge in [-0.15, -0.1) is 0 Å². The van der Waals surface area contributed by atoms with E-state index in [-0.39, 0.29) is 18.4 Å². The summed E-state index contributed by atoms with van der Waals surface area (Å²) in [5.41, 5.74) is 1.45. The van der Waals surface area contributed by atoms with Crippen molar-refractivity contribution in [3.8, 4) is 23.0 Å². The number of fused-ring (bicyclic) bond motifs is 1. The second-order valence-corrected chi connectivity index (χ2v) is 6.00. The first-order valence-corrected chi connectivity index (χ1v) is 8.68. The van der Waals surface area contributed by atoms with Gasteiger partial charge < -0.3 is 29.6 Å². The van der Waals surface area contributed by atoms with Crippen molar-refractivity contribution in [1.82, 2.24) is 9.97 Å². The van der Waals surface area contributed by atoms with E-state index in [0.717, 1.165) is 0 Å². The number of hydrogen-bond donors (Lipinski definition) is 2. The minimum Gasteiger partial charge on any atom is -0.497 e. The topological polar surface area (TPSA) is 104 Å². The standard InChI is InChI=1S/C20H18N4O5/c1-26-13-4-5-14(17(8-13)27-2)24-19-10-21-15(9-22-19)20(25)23-12-3-6-16-18(7-12)29-11-28-16/h3-10H,11H2,1-2H3,(H,22,24)(H,23,25). The van der Waals surface area contributed by atoms with Gasteiger partial charge in [-0.2, -0.15) is 0 Å².